The third kappa shape index (κ3) is 5.33. The highest BCUT2D eigenvalue weighted by atomic mass is 32.2. The van der Waals surface area contributed by atoms with E-state index in [1.807, 2.05) is 50.2 Å². The fraction of sp³-hybridized carbons (Fsp3) is 0.350. The van der Waals surface area contributed by atoms with Gasteiger partial charge in [0.15, 0.2) is 0 Å². The summed E-state index contributed by atoms with van der Waals surface area (Å²) < 4.78 is 25.6. The van der Waals surface area contributed by atoms with Gasteiger partial charge in [-0.1, -0.05) is 25.1 Å². The van der Waals surface area contributed by atoms with Gasteiger partial charge < -0.3 is 5.32 Å². The van der Waals surface area contributed by atoms with Crippen LogP contribution in [-0.2, 0) is 21.2 Å². The number of anilines is 2. The van der Waals surface area contributed by atoms with Crippen LogP contribution in [0.15, 0.2) is 42.5 Å². The quantitative estimate of drug-likeness (QED) is 0.804. The lowest BCUT2D eigenvalue weighted by molar-refractivity contribution is -0.116. The van der Waals surface area contributed by atoms with Gasteiger partial charge in [0, 0.05) is 18.7 Å². The minimum Gasteiger partial charge on any atom is -0.326 e. The molecule has 26 heavy (non-hydrogen) atoms. The molecule has 5 nitrogen and oxygen atoms in total. The summed E-state index contributed by atoms with van der Waals surface area (Å²) in [6.07, 6.45) is 2.17. The first kappa shape index (κ1) is 20.0. The Hall–Kier alpha value is -2.34. The molecule has 0 aliphatic heterocycles. The third-order valence-corrected chi connectivity index (χ3v) is 5.56. The van der Waals surface area contributed by atoms with Crippen LogP contribution < -0.4 is 9.62 Å². The van der Waals surface area contributed by atoms with Crippen molar-refractivity contribution >= 4 is 27.3 Å². The predicted octanol–water partition coefficient (Wildman–Crippen LogP) is 3.66. The monoisotopic (exact) mass is 374 g/mol. The minimum absolute atomic E-state index is 0.0789. The summed E-state index contributed by atoms with van der Waals surface area (Å²) in [6, 6.07) is 13.1. The van der Waals surface area contributed by atoms with Gasteiger partial charge in [-0.15, -0.1) is 0 Å². The molecule has 0 unspecified atom stereocenters. The predicted molar refractivity (Wildman–Crippen MR) is 107 cm³/mol. The van der Waals surface area contributed by atoms with Gasteiger partial charge in [0.25, 0.3) is 0 Å². The van der Waals surface area contributed by atoms with Crippen LogP contribution in [0.1, 0.15) is 30.0 Å². The van der Waals surface area contributed by atoms with E-state index in [9.17, 15) is 13.2 Å². The van der Waals surface area contributed by atoms with Crippen LogP contribution in [0.2, 0.25) is 0 Å². The van der Waals surface area contributed by atoms with Crippen LogP contribution in [0, 0.1) is 13.8 Å². The topological polar surface area (TPSA) is 66.5 Å². The van der Waals surface area contributed by atoms with Crippen molar-refractivity contribution in [3.8, 4) is 0 Å². The Balaban J connectivity index is 2.06. The Labute approximate surface area is 156 Å². The number of hydrogen-bond acceptors (Lipinski definition) is 3. The molecule has 0 bridgehead atoms. The zero-order valence-corrected chi connectivity index (χ0v) is 16.6. The molecule has 0 saturated heterocycles. The number of carbonyl (C=O) groups excluding carboxylic acids is 1. The molecule has 0 heterocycles. The van der Waals surface area contributed by atoms with Crippen molar-refractivity contribution < 1.29 is 13.2 Å². The Morgan fingerprint density at radius 1 is 1.04 bits per heavy atom. The van der Waals surface area contributed by atoms with E-state index in [0.29, 0.717) is 11.4 Å². The number of carbonyl (C=O) groups is 1. The van der Waals surface area contributed by atoms with Gasteiger partial charge in [-0.25, -0.2) is 8.42 Å². The molecule has 1 N–H and O–H groups in total. The molecule has 2 aromatic rings. The summed E-state index contributed by atoms with van der Waals surface area (Å²) in [5.74, 6) is -0.216. The fourth-order valence-electron chi connectivity index (χ4n) is 2.62. The highest BCUT2D eigenvalue weighted by molar-refractivity contribution is 7.92. The molecule has 0 saturated carbocycles. The first-order chi connectivity index (χ1) is 12.2. The van der Waals surface area contributed by atoms with E-state index in [0.717, 1.165) is 23.8 Å². The van der Waals surface area contributed by atoms with Crippen molar-refractivity contribution in [1.82, 2.24) is 0 Å². The Morgan fingerprint density at radius 3 is 2.23 bits per heavy atom. The van der Waals surface area contributed by atoms with Crippen molar-refractivity contribution in [3.63, 3.8) is 0 Å². The molecule has 0 atom stereocenters. The van der Waals surface area contributed by atoms with E-state index in [1.165, 1.54) is 9.87 Å². The summed E-state index contributed by atoms with van der Waals surface area (Å²) in [7, 11) is -3.47. The van der Waals surface area contributed by atoms with Gasteiger partial charge in [0.2, 0.25) is 15.9 Å². The number of aryl methyl sites for hydroxylation is 3. The fourth-order valence-corrected chi connectivity index (χ4v) is 3.54. The Bertz CT molecular complexity index is 874. The maximum absolute atomic E-state index is 12.2. The molecule has 140 valence electrons. The maximum Gasteiger partial charge on any atom is 0.232 e. The van der Waals surface area contributed by atoms with E-state index in [4.69, 9.17) is 0 Å². The molecule has 0 aliphatic carbocycles. The second-order valence-electron chi connectivity index (χ2n) is 6.45. The number of amides is 1. The lowest BCUT2D eigenvalue weighted by Gasteiger charge is -2.23. The van der Waals surface area contributed by atoms with Crippen molar-refractivity contribution in [1.29, 1.82) is 0 Å². The van der Waals surface area contributed by atoms with E-state index < -0.39 is 10.0 Å². The van der Waals surface area contributed by atoms with Crippen molar-refractivity contribution in [2.75, 3.05) is 22.4 Å². The lowest BCUT2D eigenvalue weighted by Crippen LogP contribution is -2.33. The molecule has 6 heteroatoms. The van der Waals surface area contributed by atoms with E-state index in [1.54, 1.807) is 6.07 Å². The highest BCUT2D eigenvalue weighted by Crippen LogP contribution is 2.21. The second-order valence-corrected chi connectivity index (χ2v) is 8.36. The average molecular weight is 375 g/mol. The van der Waals surface area contributed by atoms with Gasteiger partial charge in [-0.3, -0.25) is 9.10 Å². The first-order valence-electron chi connectivity index (χ1n) is 8.64. The smallest absolute Gasteiger partial charge is 0.232 e. The van der Waals surface area contributed by atoms with Crippen molar-refractivity contribution in [2.45, 2.75) is 33.6 Å². The number of nitrogens with one attached hydrogen (secondary N) is 1. The summed E-state index contributed by atoms with van der Waals surface area (Å²) in [5.41, 5.74) is 4.59. The number of benzene rings is 2. The molecule has 0 radical (unpaired) electrons. The molecular weight excluding hydrogens is 348 g/mol. The van der Waals surface area contributed by atoms with Crippen LogP contribution in [0.4, 0.5) is 11.4 Å². The molecule has 0 aliphatic rings. The molecular formula is C20H26N2O3S. The number of sulfonamides is 1. The zero-order chi connectivity index (χ0) is 19.3. The summed E-state index contributed by atoms with van der Waals surface area (Å²) >= 11 is 0. The molecule has 1 amide bonds. The van der Waals surface area contributed by atoms with E-state index in [-0.39, 0.29) is 18.9 Å². The summed E-state index contributed by atoms with van der Waals surface area (Å²) in [5, 5.41) is 2.81. The molecule has 0 fully saturated rings. The standard InChI is InChI=1S/C20H26N2O3S/c1-5-17-7-9-18(10-8-17)21-20(23)12-13-22(26(4,24)25)19-11-6-15(2)16(3)14-19/h6-11,14H,5,12-13H2,1-4H3,(H,21,23). The Morgan fingerprint density at radius 2 is 1.69 bits per heavy atom. The van der Waals surface area contributed by atoms with Gasteiger partial charge in [-0.05, 0) is 61.2 Å². The van der Waals surface area contributed by atoms with Gasteiger partial charge in [-0.2, -0.15) is 0 Å². The summed E-state index contributed by atoms with van der Waals surface area (Å²) in [6.45, 7) is 6.08. The van der Waals surface area contributed by atoms with Crippen LogP contribution in [-0.4, -0.2) is 27.1 Å². The Kier molecular flexibility index (Phi) is 6.42. The zero-order valence-electron chi connectivity index (χ0n) is 15.7. The summed E-state index contributed by atoms with van der Waals surface area (Å²) in [4.78, 5) is 12.2. The van der Waals surface area contributed by atoms with Crippen LogP contribution in [0.5, 0.6) is 0 Å². The lowest BCUT2D eigenvalue weighted by atomic mass is 10.1. The highest BCUT2D eigenvalue weighted by Gasteiger charge is 2.19. The third-order valence-electron chi connectivity index (χ3n) is 4.37. The molecule has 0 aromatic heterocycles. The first-order valence-corrected chi connectivity index (χ1v) is 10.5. The van der Waals surface area contributed by atoms with E-state index >= 15 is 0 Å². The maximum atomic E-state index is 12.2. The largest absolute Gasteiger partial charge is 0.326 e. The second kappa shape index (κ2) is 8.36. The SMILES string of the molecule is CCc1ccc(NC(=O)CCN(c2ccc(C)c(C)c2)S(C)(=O)=O)cc1. The number of rotatable bonds is 7. The molecule has 2 rings (SSSR count). The van der Waals surface area contributed by atoms with Gasteiger partial charge in [0.1, 0.15) is 0 Å². The molecule has 0 spiro atoms. The van der Waals surface area contributed by atoms with Crippen LogP contribution in [0.3, 0.4) is 0 Å². The molecule has 2 aromatic carbocycles. The van der Waals surface area contributed by atoms with Crippen LogP contribution >= 0.6 is 0 Å². The number of nitrogens with zero attached hydrogens (tertiary/aromatic N) is 1. The average Bonchev–Trinajstić information content (AvgIpc) is 2.57. The van der Waals surface area contributed by atoms with Crippen molar-refractivity contribution in [2.24, 2.45) is 0 Å². The normalized spacial score (nSPS) is 11.2. The van der Waals surface area contributed by atoms with E-state index in [2.05, 4.69) is 12.2 Å². The minimum atomic E-state index is -3.47. The number of hydrogen-bond donors (Lipinski definition) is 1. The van der Waals surface area contributed by atoms with Crippen molar-refractivity contribution in [3.05, 3.63) is 59.2 Å². The van der Waals surface area contributed by atoms with Gasteiger partial charge in [0.05, 0.1) is 11.9 Å². The van der Waals surface area contributed by atoms with Gasteiger partial charge >= 0.3 is 0 Å². The van der Waals surface area contributed by atoms with Crippen LogP contribution in [0.25, 0.3) is 0 Å².